The molecule has 0 aromatic heterocycles. The summed E-state index contributed by atoms with van der Waals surface area (Å²) < 4.78 is 11.7. The van der Waals surface area contributed by atoms with Gasteiger partial charge in [0.05, 0.1) is 11.6 Å². The lowest BCUT2D eigenvalue weighted by molar-refractivity contribution is -0.0737. The molecule has 0 saturated heterocycles. The van der Waals surface area contributed by atoms with Gasteiger partial charge in [-0.3, -0.25) is 0 Å². The van der Waals surface area contributed by atoms with Crippen molar-refractivity contribution >= 4 is 0 Å². The third kappa shape index (κ3) is 2.15. The lowest BCUT2D eigenvalue weighted by Gasteiger charge is -2.42. The monoisotopic (exact) mass is 261 g/mol. The molecule has 0 spiro atoms. The minimum Gasteiger partial charge on any atom is -0.486 e. The average Bonchev–Trinajstić information content (AvgIpc) is 2.59. The molecule has 1 aromatic rings. The number of ether oxygens (including phenoxy) is 2. The summed E-state index contributed by atoms with van der Waals surface area (Å²) in [5.41, 5.74) is 1.11. The smallest absolute Gasteiger partial charge is 0.125 e. The predicted molar refractivity (Wildman–Crippen MR) is 75.5 cm³/mol. The number of benzene rings is 1. The average molecular weight is 261 g/mol. The van der Waals surface area contributed by atoms with E-state index < -0.39 is 0 Å². The molecule has 19 heavy (non-hydrogen) atoms. The molecule has 1 heterocycles. The molecule has 2 aliphatic rings. The van der Waals surface area contributed by atoms with Crippen LogP contribution in [0.15, 0.2) is 24.3 Å². The minimum absolute atomic E-state index is 0.0492. The van der Waals surface area contributed by atoms with Gasteiger partial charge in [0.25, 0.3) is 0 Å². The van der Waals surface area contributed by atoms with Crippen molar-refractivity contribution in [2.24, 2.45) is 0 Å². The van der Waals surface area contributed by atoms with Crippen molar-refractivity contribution in [3.8, 4) is 5.75 Å². The molecule has 3 nitrogen and oxygen atoms in total. The van der Waals surface area contributed by atoms with E-state index in [-0.39, 0.29) is 17.2 Å². The molecule has 104 valence electrons. The van der Waals surface area contributed by atoms with Crippen molar-refractivity contribution in [1.29, 1.82) is 0 Å². The van der Waals surface area contributed by atoms with Gasteiger partial charge in [0.2, 0.25) is 0 Å². The third-order valence-electron chi connectivity index (χ3n) is 4.62. The summed E-state index contributed by atoms with van der Waals surface area (Å²) in [6.07, 6.45) is 3.59. The molecule has 1 aliphatic carbocycles. The molecule has 1 atom stereocenters. The Bertz CT molecular complexity index is 460. The van der Waals surface area contributed by atoms with E-state index in [2.05, 4.69) is 31.3 Å². The summed E-state index contributed by atoms with van der Waals surface area (Å²) in [7, 11) is 1.82. The molecule has 1 N–H and O–H groups in total. The highest BCUT2D eigenvalue weighted by molar-refractivity contribution is 5.42. The predicted octanol–water partition coefficient (Wildman–Crippen LogP) is 3.06. The van der Waals surface area contributed by atoms with Gasteiger partial charge in [0.1, 0.15) is 11.4 Å². The van der Waals surface area contributed by atoms with Crippen LogP contribution in [0.25, 0.3) is 0 Å². The van der Waals surface area contributed by atoms with E-state index in [1.165, 1.54) is 12.0 Å². The summed E-state index contributed by atoms with van der Waals surface area (Å²) in [5, 5.41) is 3.67. The van der Waals surface area contributed by atoms with Crippen molar-refractivity contribution in [2.75, 3.05) is 13.7 Å². The van der Waals surface area contributed by atoms with Crippen molar-refractivity contribution in [3.63, 3.8) is 0 Å². The van der Waals surface area contributed by atoms with E-state index >= 15 is 0 Å². The largest absolute Gasteiger partial charge is 0.486 e. The molecule has 1 saturated carbocycles. The van der Waals surface area contributed by atoms with Gasteiger partial charge in [-0.25, -0.2) is 0 Å². The Labute approximate surface area is 115 Å². The van der Waals surface area contributed by atoms with Crippen LogP contribution in [-0.4, -0.2) is 24.9 Å². The highest BCUT2D eigenvalue weighted by Gasteiger charge is 2.43. The van der Waals surface area contributed by atoms with Crippen molar-refractivity contribution in [1.82, 2.24) is 5.32 Å². The summed E-state index contributed by atoms with van der Waals surface area (Å²) in [6.45, 7) is 5.19. The molecule has 3 rings (SSSR count). The molecule has 0 bridgehead atoms. The first kappa shape index (κ1) is 12.9. The van der Waals surface area contributed by atoms with Crippen molar-refractivity contribution < 1.29 is 9.47 Å². The fourth-order valence-corrected chi connectivity index (χ4v) is 3.20. The number of methoxy groups -OCH3 is 1. The van der Waals surface area contributed by atoms with Crippen LogP contribution in [0.2, 0.25) is 0 Å². The lowest BCUT2D eigenvalue weighted by Crippen LogP contribution is -2.51. The van der Waals surface area contributed by atoms with E-state index in [0.29, 0.717) is 0 Å². The van der Waals surface area contributed by atoms with E-state index in [0.717, 1.165) is 25.1 Å². The van der Waals surface area contributed by atoms with Crippen LogP contribution in [0.4, 0.5) is 0 Å². The molecule has 1 unspecified atom stereocenters. The molecule has 1 aliphatic heterocycles. The van der Waals surface area contributed by atoms with Crippen LogP contribution in [0.5, 0.6) is 5.75 Å². The Kier molecular flexibility index (Phi) is 3.06. The van der Waals surface area contributed by atoms with E-state index in [1.807, 2.05) is 19.2 Å². The molecule has 0 radical (unpaired) electrons. The maximum atomic E-state index is 6.05. The Morgan fingerprint density at radius 3 is 2.68 bits per heavy atom. The topological polar surface area (TPSA) is 30.5 Å². The van der Waals surface area contributed by atoms with Crippen LogP contribution in [0.1, 0.15) is 44.7 Å². The van der Waals surface area contributed by atoms with Gasteiger partial charge in [-0.2, -0.15) is 0 Å². The number of rotatable bonds is 4. The highest BCUT2D eigenvalue weighted by Crippen LogP contribution is 2.43. The first-order valence-electron chi connectivity index (χ1n) is 7.13. The summed E-state index contributed by atoms with van der Waals surface area (Å²) >= 11 is 0. The van der Waals surface area contributed by atoms with Gasteiger partial charge >= 0.3 is 0 Å². The van der Waals surface area contributed by atoms with Crippen LogP contribution in [-0.2, 0) is 4.74 Å². The van der Waals surface area contributed by atoms with Crippen molar-refractivity contribution in [2.45, 2.75) is 50.4 Å². The molecular formula is C16H23NO2. The Balaban J connectivity index is 1.76. The van der Waals surface area contributed by atoms with E-state index in [9.17, 15) is 0 Å². The van der Waals surface area contributed by atoms with E-state index in [4.69, 9.17) is 9.47 Å². The lowest BCUT2D eigenvalue weighted by atomic mass is 9.79. The van der Waals surface area contributed by atoms with E-state index in [1.54, 1.807) is 0 Å². The Hall–Kier alpha value is -1.06. The van der Waals surface area contributed by atoms with Gasteiger partial charge in [-0.15, -0.1) is 0 Å². The van der Waals surface area contributed by atoms with Crippen LogP contribution in [0.3, 0.4) is 0 Å². The first-order chi connectivity index (χ1) is 9.06. The van der Waals surface area contributed by atoms with Gasteiger partial charge in [0, 0.05) is 19.2 Å². The fraction of sp³-hybridized carbons (Fsp3) is 0.625. The van der Waals surface area contributed by atoms with Gasteiger partial charge in [-0.05, 0) is 39.2 Å². The van der Waals surface area contributed by atoms with Crippen LogP contribution < -0.4 is 10.1 Å². The molecule has 0 amide bonds. The van der Waals surface area contributed by atoms with Crippen LogP contribution >= 0.6 is 0 Å². The first-order valence-corrected chi connectivity index (χ1v) is 7.13. The summed E-state index contributed by atoms with van der Waals surface area (Å²) in [6, 6.07) is 8.54. The Morgan fingerprint density at radius 2 is 2.05 bits per heavy atom. The summed E-state index contributed by atoms with van der Waals surface area (Å²) in [4.78, 5) is 0. The molecule has 3 heteroatoms. The second-order valence-corrected chi connectivity index (χ2v) is 6.30. The number of hydrogen-bond donors (Lipinski definition) is 1. The quantitative estimate of drug-likeness (QED) is 0.903. The maximum Gasteiger partial charge on any atom is 0.125 e. The molecule has 1 fully saturated rings. The number of fused-ring (bicyclic) bond motifs is 1. The van der Waals surface area contributed by atoms with Gasteiger partial charge < -0.3 is 14.8 Å². The summed E-state index contributed by atoms with van der Waals surface area (Å²) in [5.74, 6) is 1.00. The standard InChI is InChI=1S/C16H23NO2/c1-15(2)14(12-7-4-5-8-13(12)19-15)17-11-16(18-3)9-6-10-16/h4-5,7-8,14,17H,6,9-11H2,1-3H3. The van der Waals surface area contributed by atoms with Crippen molar-refractivity contribution in [3.05, 3.63) is 29.8 Å². The second-order valence-electron chi connectivity index (χ2n) is 6.30. The van der Waals surface area contributed by atoms with Gasteiger partial charge in [0.15, 0.2) is 0 Å². The zero-order valence-corrected chi connectivity index (χ0v) is 12.0. The fourth-order valence-electron chi connectivity index (χ4n) is 3.20. The Morgan fingerprint density at radius 1 is 1.32 bits per heavy atom. The number of para-hydroxylation sites is 1. The number of nitrogens with one attached hydrogen (secondary N) is 1. The molecular weight excluding hydrogens is 238 g/mol. The second kappa shape index (κ2) is 4.50. The highest BCUT2D eigenvalue weighted by atomic mass is 16.5. The number of hydrogen-bond acceptors (Lipinski definition) is 3. The van der Waals surface area contributed by atoms with Crippen LogP contribution in [0, 0.1) is 0 Å². The maximum absolute atomic E-state index is 6.05. The van der Waals surface area contributed by atoms with Gasteiger partial charge in [-0.1, -0.05) is 18.2 Å². The molecule has 1 aromatic carbocycles. The third-order valence-corrected chi connectivity index (χ3v) is 4.62. The SMILES string of the molecule is COC1(CNC2c3ccccc3OC2(C)C)CCC1. The normalized spacial score (nSPS) is 26.4. The minimum atomic E-state index is -0.206. The zero-order chi connectivity index (χ0) is 13.5. The zero-order valence-electron chi connectivity index (χ0n) is 12.0.